The highest BCUT2D eigenvalue weighted by Gasteiger charge is 2.37. The average Bonchev–Trinajstić information content (AvgIpc) is 3.08. The van der Waals surface area contributed by atoms with Crippen LogP contribution in [0, 0.1) is 11.8 Å². The third-order valence-electron chi connectivity index (χ3n) is 3.87. The van der Waals surface area contributed by atoms with Crippen LogP contribution in [0.5, 0.6) is 0 Å². The molecule has 1 aliphatic carbocycles. The summed E-state index contributed by atoms with van der Waals surface area (Å²) in [4.78, 5) is 36.2. The van der Waals surface area contributed by atoms with Gasteiger partial charge in [-0.15, -0.1) is 0 Å². The van der Waals surface area contributed by atoms with Crippen molar-refractivity contribution in [3.05, 3.63) is 0 Å². The van der Waals surface area contributed by atoms with Crippen LogP contribution < -0.4 is 10.6 Å². The molecule has 112 valence electrons. The van der Waals surface area contributed by atoms with E-state index in [9.17, 15) is 14.4 Å². The van der Waals surface area contributed by atoms with Crippen molar-refractivity contribution in [2.45, 2.75) is 38.8 Å². The summed E-state index contributed by atoms with van der Waals surface area (Å²) in [6.45, 7) is 4.04. The van der Waals surface area contributed by atoms with Gasteiger partial charge in [0, 0.05) is 19.1 Å². The summed E-state index contributed by atoms with van der Waals surface area (Å²) in [5, 5.41) is 14.5. The molecule has 1 aliphatic heterocycles. The molecule has 2 aliphatic rings. The van der Waals surface area contributed by atoms with E-state index in [1.54, 1.807) is 6.92 Å². The van der Waals surface area contributed by atoms with Crippen LogP contribution >= 0.6 is 0 Å². The minimum Gasteiger partial charge on any atom is -0.481 e. The van der Waals surface area contributed by atoms with E-state index in [0.717, 1.165) is 12.8 Å². The van der Waals surface area contributed by atoms with E-state index >= 15 is 0 Å². The number of hydrogen-bond donors (Lipinski definition) is 3. The highest BCUT2D eigenvalue weighted by molar-refractivity contribution is 5.87. The number of amides is 3. The predicted octanol–water partition coefficient (Wildman–Crippen LogP) is 0.0156. The van der Waals surface area contributed by atoms with Crippen LogP contribution in [0.3, 0.4) is 0 Å². The molecule has 3 atom stereocenters. The van der Waals surface area contributed by atoms with Crippen LogP contribution in [0.15, 0.2) is 0 Å². The minimum absolute atomic E-state index is 0.0751. The van der Waals surface area contributed by atoms with Crippen LogP contribution in [0.2, 0.25) is 0 Å². The minimum atomic E-state index is -0.882. The second kappa shape index (κ2) is 5.68. The molecule has 0 radical (unpaired) electrons. The largest absolute Gasteiger partial charge is 0.481 e. The monoisotopic (exact) mass is 283 g/mol. The van der Waals surface area contributed by atoms with Crippen molar-refractivity contribution in [3.8, 4) is 0 Å². The van der Waals surface area contributed by atoms with Gasteiger partial charge in [-0.05, 0) is 25.7 Å². The van der Waals surface area contributed by atoms with Crippen LogP contribution in [-0.4, -0.2) is 53.1 Å². The lowest BCUT2D eigenvalue weighted by atomic mass is 9.99. The van der Waals surface area contributed by atoms with Gasteiger partial charge in [0.2, 0.25) is 5.91 Å². The number of carbonyl (C=O) groups excluding carboxylic acids is 2. The Bertz CT molecular complexity index is 422. The lowest BCUT2D eigenvalue weighted by Crippen LogP contribution is -2.49. The van der Waals surface area contributed by atoms with Gasteiger partial charge in [-0.3, -0.25) is 9.59 Å². The molecule has 3 amide bonds. The summed E-state index contributed by atoms with van der Waals surface area (Å²) in [7, 11) is 0. The Balaban J connectivity index is 1.82. The van der Waals surface area contributed by atoms with E-state index in [2.05, 4.69) is 10.6 Å². The Morgan fingerprint density at radius 1 is 1.25 bits per heavy atom. The fourth-order valence-electron chi connectivity index (χ4n) is 2.35. The molecule has 3 unspecified atom stereocenters. The van der Waals surface area contributed by atoms with Gasteiger partial charge < -0.3 is 20.6 Å². The highest BCUT2D eigenvalue weighted by atomic mass is 16.4. The van der Waals surface area contributed by atoms with Crippen LogP contribution in [-0.2, 0) is 9.59 Å². The Morgan fingerprint density at radius 3 is 2.40 bits per heavy atom. The van der Waals surface area contributed by atoms with Crippen molar-refractivity contribution in [3.63, 3.8) is 0 Å². The first-order chi connectivity index (χ1) is 9.38. The standard InChI is InChI=1S/C13H21N3O4/c1-7-5-16(6-10(7)12(18)19)13(20)14-8(2)11(17)15-9-3-4-9/h7-10H,3-6H2,1-2H3,(H,14,20)(H,15,17)(H,18,19). The molecule has 1 saturated carbocycles. The third-order valence-corrected chi connectivity index (χ3v) is 3.87. The van der Waals surface area contributed by atoms with E-state index in [4.69, 9.17) is 5.11 Å². The van der Waals surface area contributed by atoms with E-state index in [1.165, 1.54) is 4.90 Å². The van der Waals surface area contributed by atoms with Crippen molar-refractivity contribution in [1.82, 2.24) is 15.5 Å². The number of likely N-dealkylation sites (tertiary alicyclic amines) is 1. The second-order valence-electron chi connectivity index (χ2n) is 5.78. The number of urea groups is 1. The van der Waals surface area contributed by atoms with Gasteiger partial charge in [-0.25, -0.2) is 4.79 Å². The molecule has 1 saturated heterocycles. The molecule has 0 aromatic rings. The molecule has 0 bridgehead atoms. The number of rotatable bonds is 4. The van der Waals surface area contributed by atoms with E-state index < -0.39 is 17.9 Å². The molecule has 20 heavy (non-hydrogen) atoms. The van der Waals surface area contributed by atoms with Crippen molar-refractivity contribution in [2.75, 3.05) is 13.1 Å². The maximum absolute atomic E-state index is 12.0. The summed E-state index contributed by atoms with van der Waals surface area (Å²) in [6, 6.07) is -0.730. The predicted molar refractivity (Wildman–Crippen MR) is 71.0 cm³/mol. The maximum Gasteiger partial charge on any atom is 0.318 e. The van der Waals surface area contributed by atoms with Gasteiger partial charge in [0.25, 0.3) is 0 Å². The second-order valence-corrected chi connectivity index (χ2v) is 5.78. The van der Waals surface area contributed by atoms with Crippen molar-refractivity contribution in [1.29, 1.82) is 0 Å². The number of nitrogens with zero attached hydrogens (tertiary/aromatic N) is 1. The molecule has 0 aromatic carbocycles. The number of carboxylic acid groups (broad SMARTS) is 1. The van der Waals surface area contributed by atoms with Gasteiger partial charge in [-0.2, -0.15) is 0 Å². The quantitative estimate of drug-likeness (QED) is 0.677. The van der Waals surface area contributed by atoms with Gasteiger partial charge >= 0.3 is 12.0 Å². The van der Waals surface area contributed by atoms with Crippen LogP contribution in [0.1, 0.15) is 26.7 Å². The molecule has 7 nitrogen and oxygen atoms in total. The number of carboxylic acids is 1. The fraction of sp³-hybridized carbons (Fsp3) is 0.769. The van der Waals surface area contributed by atoms with Crippen LogP contribution in [0.25, 0.3) is 0 Å². The number of hydrogen-bond acceptors (Lipinski definition) is 3. The molecule has 2 rings (SSSR count). The smallest absolute Gasteiger partial charge is 0.318 e. The zero-order valence-electron chi connectivity index (χ0n) is 11.8. The van der Waals surface area contributed by atoms with Gasteiger partial charge in [-0.1, -0.05) is 6.92 Å². The van der Waals surface area contributed by atoms with E-state index in [1.807, 2.05) is 6.92 Å². The number of carbonyl (C=O) groups is 3. The van der Waals surface area contributed by atoms with Gasteiger partial charge in [0.15, 0.2) is 0 Å². The third kappa shape index (κ3) is 3.40. The zero-order valence-corrected chi connectivity index (χ0v) is 11.8. The topological polar surface area (TPSA) is 98.7 Å². The van der Waals surface area contributed by atoms with Crippen molar-refractivity contribution < 1.29 is 19.5 Å². The summed E-state index contributed by atoms with van der Waals surface area (Å²) in [5.74, 6) is -1.68. The Morgan fingerprint density at radius 2 is 1.90 bits per heavy atom. The summed E-state index contributed by atoms with van der Waals surface area (Å²) >= 11 is 0. The Labute approximate surface area is 117 Å². The molecule has 0 aromatic heterocycles. The molecule has 0 spiro atoms. The lowest BCUT2D eigenvalue weighted by Gasteiger charge is -2.20. The van der Waals surface area contributed by atoms with Gasteiger partial charge in [0.05, 0.1) is 5.92 Å². The Hall–Kier alpha value is -1.79. The first kappa shape index (κ1) is 14.6. The van der Waals surface area contributed by atoms with E-state index in [0.29, 0.717) is 6.54 Å². The summed E-state index contributed by atoms with van der Waals surface area (Å²) in [5.41, 5.74) is 0. The fourth-order valence-corrected chi connectivity index (χ4v) is 2.35. The first-order valence-electron chi connectivity index (χ1n) is 6.97. The van der Waals surface area contributed by atoms with Crippen molar-refractivity contribution >= 4 is 17.9 Å². The highest BCUT2D eigenvalue weighted by Crippen LogP contribution is 2.23. The van der Waals surface area contributed by atoms with Gasteiger partial charge in [0.1, 0.15) is 6.04 Å². The SMILES string of the molecule is CC(NC(=O)N1CC(C)C(C(=O)O)C1)C(=O)NC1CC1. The normalized spacial score (nSPS) is 27.0. The molecule has 7 heteroatoms. The molecular weight excluding hydrogens is 262 g/mol. The average molecular weight is 283 g/mol. The summed E-state index contributed by atoms with van der Waals surface area (Å²) in [6.07, 6.45) is 1.99. The first-order valence-corrected chi connectivity index (χ1v) is 6.97. The zero-order chi connectivity index (χ0) is 14.9. The molecule has 1 heterocycles. The maximum atomic E-state index is 12.0. The number of nitrogens with one attached hydrogen (secondary N) is 2. The van der Waals surface area contributed by atoms with Crippen LogP contribution in [0.4, 0.5) is 4.79 Å². The Kier molecular flexibility index (Phi) is 4.15. The van der Waals surface area contributed by atoms with Crippen molar-refractivity contribution in [2.24, 2.45) is 11.8 Å². The molecule has 3 N–H and O–H groups in total. The number of aliphatic carboxylic acids is 1. The van der Waals surface area contributed by atoms with E-state index in [-0.39, 0.29) is 30.4 Å². The lowest BCUT2D eigenvalue weighted by molar-refractivity contribution is -0.142. The summed E-state index contributed by atoms with van der Waals surface area (Å²) < 4.78 is 0. The molecular formula is C13H21N3O4. The molecule has 2 fully saturated rings.